The van der Waals surface area contributed by atoms with E-state index in [1.54, 1.807) is 0 Å². The van der Waals surface area contributed by atoms with Gasteiger partial charge < -0.3 is 59.8 Å². The molecule has 4 saturated carbocycles. The zero-order valence-electron chi connectivity index (χ0n) is 26.0. The fourth-order valence-corrected chi connectivity index (χ4v) is 10.5. The largest absolute Gasteiger partial charge is 0.432 e. The fraction of sp³-hybridized carbons (Fsp3) is 0.906. The quantitative estimate of drug-likeness (QED) is 0.102. The maximum atomic E-state index is 13.9. The van der Waals surface area contributed by atoms with Crippen molar-refractivity contribution in [3.63, 3.8) is 0 Å². The number of aliphatic hydroxyl groups excluding tert-OH is 8. The lowest BCUT2D eigenvalue weighted by Gasteiger charge is -2.64. The second-order valence-electron chi connectivity index (χ2n) is 15.2. The van der Waals surface area contributed by atoms with Crippen LogP contribution in [0.2, 0.25) is 0 Å². The highest BCUT2D eigenvalue weighted by molar-refractivity contribution is 5.77. The van der Waals surface area contributed by atoms with Gasteiger partial charge in [-0.1, -0.05) is 19.9 Å². The molecule has 0 unspecified atom stereocenters. The summed E-state index contributed by atoms with van der Waals surface area (Å²) < 4.78 is 23.4. The van der Waals surface area contributed by atoms with Crippen LogP contribution in [0.1, 0.15) is 71.6 Å². The van der Waals surface area contributed by atoms with Gasteiger partial charge >= 0.3 is 5.97 Å². The van der Waals surface area contributed by atoms with E-state index in [1.165, 1.54) is 0 Å². The van der Waals surface area contributed by atoms with E-state index in [0.717, 1.165) is 37.7 Å². The lowest BCUT2D eigenvalue weighted by Crippen LogP contribution is -2.63. The lowest BCUT2D eigenvalue weighted by molar-refractivity contribution is -0.327. The molecule has 6 rings (SSSR count). The molecular formula is C32H50O13. The molecule has 256 valence electrons. The first-order valence-electron chi connectivity index (χ1n) is 16.3. The Morgan fingerprint density at radius 1 is 0.800 bits per heavy atom. The summed E-state index contributed by atoms with van der Waals surface area (Å²) in [5, 5.41) is 81.4. The summed E-state index contributed by atoms with van der Waals surface area (Å²) in [6.07, 6.45) is -7.82. The van der Waals surface area contributed by atoms with Gasteiger partial charge in [0.15, 0.2) is 6.29 Å². The first-order chi connectivity index (χ1) is 21.2. The Morgan fingerprint density at radius 3 is 2.00 bits per heavy atom. The molecule has 2 aliphatic heterocycles. The predicted octanol–water partition coefficient (Wildman–Crippen LogP) is -0.762. The van der Waals surface area contributed by atoms with Crippen LogP contribution in [0, 0.1) is 28.1 Å². The van der Waals surface area contributed by atoms with Crippen LogP contribution in [0.4, 0.5) is 0 Å². The molecule has 4 aliphatic carbocycles. The van der Waals surface area contributed by atoms with Gasteiger partial charge in [0.25, 0.3) is 0 Å². The zero-order chi connectivity index (χ0) is 32.7. The fourth-order valence-electron chi connectivity index (χ4n) is 10.5. The normalized spacial score (nSPS) is 54.7. The molecule has 6 fully saturated rings. The Morgan fingerprint density at radius 2 is 1.38 bits per heavy atom. The highest BCUT2D eigenvalue weighted by Gasteiger charge is 2.69. The van der Waals surface area contributed by atoms with Crippen LogP contribution in [-0.4, -0.2) is 127 Å². The molecule has 13 heteroatoms. The van der Waals surface area contributed by atoms with Crippen LogP contribution in [0.5, 0.6) is 0 Å². The van der Waals surface area contributed by atoms with Gasteiger partial charge in [-0.25, -0.2) is 0 Å². The summed E-state index contributed by atoms with van der Waals surface area (Å²) in [4.78, 5) is 13.9. The van der Waals surface area contributed by atoms with Crippen molar-refractivity contribution >= 4 is 5.97 Å². The molecule has 13 nitrogen and oxygen atoms in total. The van der Waals surface area contributed by atoms with Crippen molar-refractivity contribution < 1.29 is 64.6 Å². The number of carbonyl (C=O) groups is 1. The number of carbonyl (C=O) groups excluding carboxylic acids is 1. The molecule has 0 aromatic carbocycles. The smallest absolute Gasteiger partial charge is 0.314 e. The third-order valence-electron chi connectivity index (χ3n) is 12.9. The van der Waals surface area contributed by atoms with Gasteiger partial charge in [-0.15, -0.1) is 0 Å². The number of aliphatic hydroxyl groups is 8. The van der Waals surface area contributed by atoms with E-state index in [0.29, 0.717) is 25.7 Å². The van der Waals surface area contributed by atoms with Crippen molar-refractivity contribution in [2.75, 3.05) is 13.2 Å². The lowest BCUT2D eigenvalue weighted by atomic mass is 9.41. The van der Waals surface area contributed by atoms with Gasteiger partial charge in [0.05, 0.1) is 24.2 Å². The monoisotopic (exact) mass is 642 g/mol. The van der Waals surface area contributed by atoms with Gasteiger partial charge in [0, 0.05) is 0 Å². The number of fused-ring (bicyclic) bond motifs is 3. The van der Waals surface area contributed by atoms with Gasteiger partial charge in [0.2, 0.25) is 6.29 Å². The van der Waals surface area contributed by atoms with E-state index < -0.39 is 91.6 Å². The van der Waals surface area contributed by atoms with Crippen molar-refractivity contribution in [1.82, 2.24) is 0 Å². The Hall–Kier alpha value is -1.23. The maximum absolute atomic E-state index is 13.9. The van der Waals surface area contributed by atoms with Crippen LogP contribution >= 0.6 is 0 Å². The minimum atomic E-state index is -1.67. The Balaban J connectivity index is 1.20. The van der Waals surface area contributed by atoms with Crippen LogP contribution in [0.25, 0.3) is 0 Å². The number of ether oxygens (including phenoxy) is 4. The zero-order valence-corrected chi connectivity index (χ0v) is 26.0. The first kappa shape index (κ1) is 33.7. The van der Waals surface area contributed by atoms with Crippen LogP contribution < -0.4 is 0 Å². The Labute approximate surface area is 262 Å². The molecule has 2 saturated heterocycles. The topological polar surface area (TPSA) is 216 Å². The predicted molar refractivity (Wildman–Crippen MR) is 154 cm³/mol. The summed E-state index contributed by atoms with van der Waals surface area (Å²) in [5.41, 5.74) is -1.20. The summed E-state index contributed by atoms with van der Waals surface area (Å²) in [6.45, 7) is 7.41. The van der Waals surface area contributed by atoms with Gasteiger partial charge in [0.1, 0.15) is 48.8 Å². The summed E-state index contributed by atoms with van der Waals surface area (Å²) in [7, 11) is 0. The second kappa shape index (κ2) is 11.7. The second-order valence-corrected chi connectivity index (χ2v) is 15.2. The van der Waals surface area contributed by atoms with Gasteiger partial charge in [-0.05, 0) is 86.5 Å². The van der Waals surface area contributed by atoms with E-state index in [2.05, 4.69) is 13.5 Å². The standard InChI is InChI=1S/C32H50O13/c1-15-11-31-9-5-18-29(2,7-4-8-30(18,3)28(41)44-26-24(39)22(37)20(35)16(12-33)42-26)19(31)6-10-32(15,14-31)45-27-25(40)23(38)21(36)17(13-34)43-27/h16-27,33-40H,1,4-14H2,2-3H3/t16-,17-,18-,19-,20+,21+,22+,23+,24+,25+,26-,27-,29+,30+,31+,32-/m1/s1. The number of hydrogen-bond donors (Lipinski definition) is 8. The van der Waals surface area contributed by atoms with Crippen LogP contribution in [0.3, 0.4) is 0 Å². The summed E-state index contributed by atoms with van der Waals surface area (Å²) >= 11 is 0. The van der Waals surface area contributed by atoms with Crippen molar-refractivity contribution in [3.8, 4) is 0 Å². The molecule has 2 bridgehead atoms. The molecule has 0 radical (unpaired) electrons. The van der Waals surface area contributed by atoms with Crippen molar-refractivity contribution in [3.05, 3.63) is 12.2 Å². The van der Waals surface area contributed by atoms with E-state index in [9.17, 15) is 45.6 Å². The molecule has 6 aliphatic rings. The third-order valence-corrected chi connectivity index (χ3v) is 12.9. The molecule has 16 atom stereocenters. The maximum Gasteiger partial charge on any atom is 0.314 e. The average molecular weight is 643 g/mol. The summed E-state index contributed by atoms with van der Waals surface area (Å²) in [6, 6.07) is 0. The molecule has 2 heterocycles. The van der Waals surface area contributed by atoms with E-state index in [1.807, 2.05) is 6.92 Å². The van der Waals surface area contributed by atoms with Crippen molar-refractivity contribution in [2.45, 2.75) is 139 Å². The van der Waals surface area contributed by atoms with E-state index >= 15 is 0 Å². The Kier molecular flexibility index (Phi) is 8.77. The summed E-state index contributed by atoms with van der Waals surface area (Å²) in [5.74, 6) is -0.348. The van der Waals surface area contributed by atoms with Crippen LogP contribution in [-0.2, 0) is 23.7 Å². The van der Waals surface area contributed by atoms with Gasteiger partial charge in [-0.2, -0.15) is 0 Å². The SMILES string of the molecule is C=C1C[C@]23CC[C@@H]4[C@](C)(CCC[C@]4(C)C(=O)O[C@H]4O[C@H](CO)[C@H](O)[C@H](O)[C@@H]4O)[C@H]2CC[C@@]1(O[C@H]1O[C@H](CO)[C@H](O)[C@H](O)[C@@H]1O)C3. The molecule has 0 amide bonds. The molecule has 1 spiro atoms. The Bertz CT molecular complexity index is 1150. The van der Waals surface area contributed by atoms with Crippen LogP contribution in [0.15, 0.2) is 12.2 Å². The third kappa shape index (κ3) is 5.04. The minimum Gasteiger partial charge on any atom is -0.432 e. The van der Waals surface area contributed by atoms with Crippen molar-refractivity contribution in [2.24, 2.45) is 28.1 Å². The molecule has 45 heavy (non-hydrogen) atoms. The first-order valence-corrected chi connectivity index (χ1v) is 16.3. The number of hydrogen-bond acceptors (Lipinski definition) is 13. The van der Waals surface area contributed by atoms with Crippen molar-refractivity contribution in [1.29, 1.82) is 0 Å². The minimum absolute atomic E-state index is 0.0421. The molecule has 0 aromatic rings. The number of esters is 1. The van der Waals surface area contributed by atoms with E-state index in [4.69, 9.17) is 18.9 Å². The molecule has 0 aromatic heterocycles. The van der Waals surface area contributed by atoms with Gasteiger partial charge in [-0.3, -0.25) is 4.79 Å². The highest BCUT2D eigenvalue weighted by Crippen LogP contribution is 2.73. The van der Waals surface area contributed by atoms with E-state index in [-0.39, 0.29) is 22.7 Å². The average Bonchev–Trinajstić information content (AvgIpc) is 3.20. The highest BCUT2D eigenvalue weighted by atomic mass is 16.7. The number of rotatable bonds is 6. The molecule has 8 N–H and O–H groups in total. The molecular weight excluding hydrogens is 592 g/mol.